The number of hydrazine groups is 1. The zero-order valence-electron chi connectivity index (χ0n) is 10.9. The Morgan fingerprint density at radius 3 is 2.63 bits per heavy atom. The van der Waals surface area contributed by atoms with Gasteiger partial charge in [0.05, 0.1) is 6.04 Å². The Morgan fingerprint density at radius 2 is 2.00 bits per heavy atom. The van der Waals surface area contributed by atoms with Crippen LogP contribution in [0.15, 0.2) is 0 Å². The second kappa shape index (κ2) is 5.04. The van der Waals surface area contributed by atoms with Crippen LogP contribution in [0.5, 0.6) is 0 Å². The van der Waals surface area contributed by atoms with Crippen LogP contribution in [-0.2, 0) is 9.59 Å². The molecule has 8 heteroatoms. The van der Waals surface area contributed by atoms with E-state index in [9.17, 15) is 19.6 Å². The highest BCUT2D eigenvalue weighted by atomic mass is 16.5. The lowest BCUT2D eigenvalue weighted by molar-refractivity contribution is -0.133. The van der Waals surface area contributed by atoms with Crippen molar-refractivity contribution in [1.29, 1.82) is 0 Å². The SMILES string of the molecule is CC(C)C(=O)NNC(=O)[C@@H]1CCC2CN1C(=O)N2O. The molecular weight excluding hydrogens is 252 g/mol. The summed E-state index contributed by atoms with van der Waals surface area (Å²) in [6.07, 6.45) is 1.03. The summed E-state index contributed by atoms with van der Waals surface area (Å²) in [6, 6.07) is -1.44. The van der Waals surface area contributed by atoms with Crippen LogP contribution in [0.4, 0.5) is 4.79 Å². The average molecular weight is 270 g/mol. The van der Waals surface area contributed by atoms with Gasteiger partial charge in [-0.15, -0.1) is 0 Å². The Hall–Kier alpha value is -1.83. The number of hydroxylamine groups is 2. The van der Waals surface area contributed by atoms with Crippen molar-refractivity contribution in [2.24, 2.45) is 5.92 Å². The normalized spacial score (nSPS) is 25.8. The Labute approximate surface area is 110 Å². The van der Waals surface area contributed by atoms with Crippen molar-refractivity contribution < 1.29 is 19.6 Å². The molecule has 2 saturated heterocycles. The second-order valence-electron chi connectivity index (χ2n) is 5.16. The summed E-state index contributed by atoms with van der Waals surface area (Å²) >= 11 is 0. The third-order valence-electron chi connectivity index (χ3n) is 3.48. The molecule has 4 amide bonds. The van der Waals surface area contributed by atoms with Gasteiger partial charge in [-0.3, -0.25) is 25.6 Å². The molecule has 19 heavy (non-hydrogen) atoms. The van der Waals surface area contributed by atoms with Crippen molar-refractivity contribution in [3.63, 3.8) is 0 Å². The fraction of sp³-hybridized carbons (Fsp3) is 0.727. The Balaban J connectivity index is 1.93. The van der Waals surface area contributed by atoms with Crippen LogP contribution in [0.25, 0.3) is 0 Å². The molecule has 2 aliphatic rings. The molecule has 2 atom stereocenters. The minimum absolute atomic E-state index is 0.234. The van der Waals surface area contributed by atoms with Gasteiger partial charge in [0.15, 0.2) is 0 Å². The van der Waals surface area contributed by atoms with E-state index >= 15 is 0 Å². The smallest absolute Gasteiger partial charge is 0.309 e. The van der Waals surface area contributed by atoms with Gasteiger partial charge in [0.2, 0.25) is 5.91 Å². The molecule has 1 unspecified atom stereocenters. The van der Waals surface area contributed by atoms with Gasteiger partial charge < -0.3 is 4.90 Å². The maximum Gasteiger partial charge on any atom is 0.344 e. The molecule has 0 aliphatic carbocycles. The molecule has 106 valence electrons. The van der Waals surface area contributed by atoms with Gasteiger partial charge in [0, 0.05) is 12.5 Å². The molecule has 8 nitrogen and oxygen atoms in total. The summed E-state index contributed by atoms with van der Waals surface area (Å²) in [5.74, 6) is -0.966. The quantitative estimate of drug-likeness (QED) is 0.462. The molecule has 2 heterocycles. The molecule has 0 radical (unpaired) electrons. The Bertz CT molecular complexity index is 411. The molecule has 2 rings (SSSR count). The lowest BCUT2D eigenvalue weighted by Crippen LogP contribution is -2.54. The van der Waals surface area contributed by atoms with E-state index in [0.29, 0.717) is 24.4 Å². The lowest BCUT2D eigenvalue weighted by Gasteiger charge is -2.29. The number of carbonyl (C=O) groups is 3. The van der Waals surface area contributed by atoms with Crippen LogP contribution in [0, 0.1) is 5.92 Å². The highest BCUT2D eigenvalue weighted by Gasteiger charge is 2.46. The van der Waals surface area contributed by atoms with Crippen LogP contribution in [0.2, 0.25) is 0 Å². The molecule has 0 spiro atoms. The number of amides is 4. The number of rotatable bonds is 2. The summed E-state index contributed by atoms with van der Waals surface area (Å²) in [5, 5.41) is 10.2. The van der Waals surface area contributed by atoms with E-state index < -0.39 is 18.0 Å². The first-order chi connectivity index (χ1) is 8.91. The van der Waals surface area contributed by atoms with Crippen LogP contribution < -0.4 is 10.9 Å². The average Bonchev–Trinajstić information content (AvgIpc) is 2.61. The maximum atomic E-state index is 11.9. The van der Waals surface area contributed by atoms with Crippen molar-refractivity contribution in [3.8, 4) is 0 Å². The molecule has 2 fully saturated rings. The zero-order chi connectivity index (χ0) is 14.2. The van der Waals surface area contributed by atoms with Crippen LogP contribution in [0.3, 0.4) is 0 Å². The fourth-order valence-corrected chi connectivity index (χ4v) is 2.27. The summed E-state index contributed by atoms with van der Waals surface area (Å²) in [7, 11) is 0. The molecule has 2 aliphatic heterocycles. The van der Waals surface area contributed by atoms with E-state index in [0.717, 1.165) is 0 Å². The van der Waals surface area contributed by atoms with Crippen molar-refractivity contribution in [3.05, 3.63) is 0 Å². The number of nitrogens with zero attached hydrogens (tertiary/aromatic N) is 2. The van der Waals surface area contributed by atoms with Gasteiger partial charge in [0.25, 0.3) is 5.91 Å². The third-order valence-corrected chi connectivity index (χ3v) is 3.48. The lowest BCUT2D eigenvalue weighted by atomic mass is 10.0. The van der Waals surface area contributed by atoms with Crippen LogP contribution in [0.1, 0.15) is 26.7 Å². The number of carbonyl (C=O) groups excluding carboxylic acids is 3. The van der Waals surface area contributed by atoms with Gasteiger partial charge in [-0.25, -0.2) is 9.86 Å². The zero-order valence-corrected chi connectivity index (χ0v) is 10.9. The summed E-state index contributed by atoms with van der Waals surface area (Å²) in [5.41, 5.74) is 4.63. The Morgan fingerprint density at radius 1 is 1.32 bits per heavy atom. The van der Waals surface area contributed by atoms with Crippen molar-refractivity contribution >= 4 is 17.8 Å². The van der Waals surface area contributed by atoms with E-state index in [1.54, 1.807) is 13.8 Å². The van der Waals surface area contributed by atoms with Crippen molar-refractivity contribution in [2.75, 3.05) is 6.54 Å². The van der Waals surface area contributed by atoms with E-state index in [1.807, 2.05) is 0 Å². The number of urea groups is 1. The predicted octanol–water partition coefficient (Wildman–Crippen LogP) is -0.552. The van der Waals surface area contributed by atoms with E-state index in [4.69, 9.17) is 0 Å². The fourth-order valence-electron chi connectivity index (χ4n) is 2.27. The van der Waals surface area contributed by atoms with E-state index in [-0.39, 0.29) is 17.9 Å². The summed E-state index contributed by atoms with van der Waals surface area (Å²) in [4.78, 5) is 36.3. The minimum atomic E-state index is -0.645. The van der Waals surface area contributed by atoms with Crippen molar-refractivity contribution in [1.82, 2.24) is 20.8 Å². The molecule has 2 bridgehead atoms. The maximum absolute atomic E-state index is 11.9. The van der Waals surface area contributed by atoms with Gasteiger partial charge in [-0.2, -0.15) is 0 Å². The first-order valence-electron chi connectivity index (χ1n) is 6.30. The van der Waals surface area contributed by atoms with Gasteiger partial charge >= 0.3 is 6.03 Å². The first kappa shape index (κ1) is 13.6. The number of hydrogen-bond acceptors (Lipinski definition) is 4. The predicted molar refractivity (Wildman–Crippen MR) is 63.7 cm³/mol. The van der Waals surface area contributed by atoms with Crippen molar-refractivity contribution in [2.45, 2.75) is 38.8 Å². The molecule has 0 aromatic heterocycles. The topological polar surface area (TPSA) is 102 Å². The molecule has 3 N–H and O–H groups in total. The van der Waals surface area contributed by atoms with E-state index in [1.165, 1.54) is 4.90 Å². The number of nitrogens with one attached hydrogen (secondary N) is 2. The molecular formula is C11H18N4O4. The van der Waals surface area contributed by atoms with Gasteiger partial charge in [0.1, 0.15) is 6.04 Å². The second-order valence-corrected chi connectivity index (χ2v) is 5.16. The third kappa shape index (κ3) is 2.48. The highest BCUT2D eigenvalue weighted by Crippen LogP contribution is 2.28. The largest absolute Gasteiger partial charge is 0.344 e. The summed E-state index contributed by atoms with van der Waals surface area (Å²) < 4.78 is 0. The summed E-state index contributed by atoms with van der Waals surface area (Å²) in [6.45, 7) is 3.76. The van der Waals surface area contributed by atoms with Gasteiger partial charge in [-0.05, 0) is 12.8 Å². The molecule has 0 aromatic rings. The first-order valence-corrected chi connectivity index (χ1v) is 6.30. The van der Waals surface area contributed by atoms with Crippen LogP contribution >= 0.6 is 0 Å². The molecule has 0 aromatic carbocycles. The molecule has 0 saturated carbocycles. The number of piperidine rings is 1. The minimum Gasteiger partial charge on any atom is -0.309 e. The van der Waals surface area contributed by atoms with Gasteiger partial charge in [-0.1, -0.05) is 13.8 Å². The Kier molecular flexibility index (Phi) is 3.61. The highest BCUT2D eigenvalue weighted by molar-refractivity contribution is 5.90. The number of hydrogen-bond donors (Lipinski definition) is 3. The standard InChI is InChI=1S/C11H18N4O4/c1-6(2)9(16)12-13-10(17)8-4-3-7-5-14(8)11(18)15(7)19/h6-8,19H,3-5H2,1-2H3,(H,12,16)(H,13,17)/t7?,8-/m0/s1. The van der Waals surface area contributed by atoms with E-state index in [2.05, 4.69) is 10.9 Å². The van der Waals surface area contributed by atoms with Crippen LogP contribution in [-0.4, -0.2) is 51.6 Å². The monoisotopic (exact) mass is 270 g/mol. The number of fused-ring (bicyclic) bond motifs is 2.